The Hall–Kier alpha value is -1.79. The number of hydrogen-bond acceptors (Lipinski definition) is 4. The van der Waals surface area contributed by atoms with Gasteiger partial charge in [-0.3, -0.25) is 4.99 Å². The van der Waals surface area contributed by atoms with Gasteiger partial charge in [0.25, 0.3) is 0 Å². The second kappa shape index (κ2) is 11.8. The summed E-state index contributed by atoms with van der Waals surface area (Å²) in [6.45, 7) is 7.01. The van der Waals surface area contributed by atoms with Gasteiger partial charge >= 0.3 is 0 Å². The van der Waals surface area contributed by atoms with Crippen molar-refractivity contribution in [2.24, 2.45) is 10.9 Å². The molecule has 0 aromatic heterocycles. The fourth-order valence-corrected chi connectivity index (χ4v) is 3.00. The molecular formula is C20H33N3O3. The molecule has 0 spiro atoms. The van der Waals surface area contributed by atoms with Crippen LogP contribution in [0.3, 0.4) is 0 Å². The summed E-state index contributed by atoms with van der Waals surface area (Å²) >= 11 is 0. The van der Waals surface area contributed by atoms with Crippen molar-refractivity contribution in [3.8, 4) is 5.75 Å². The van der Waals surface area contributed by atoms with Crippen molar-refractivity contribution in [3.63, 3.8) is 0 Å². The molecule has 0 atom stereocenters. The maximum Gasteiger partial charge on any atom is 0.191 e. The molecule has 0 aliphatic carbocycles. The van der Waals surface area contributed by atoms with Crippen molar-refractivity contribution in [3.05, 3.63) is 29.3 Å². The van der Waals surface area contributed by atoms with E-state index in [0.717, 1.165) is 76.1 Å². The van der Waals surface area contributed by atoms with Gasteiger partial charge in [-0.2, -0.15) is 0 Å². The largest absolute Gasteiger partial charge is 0.496 e. The minimum Gasteiger partial charge on any atom is -0.496 e. The van der Waals surface area contributed by atoms with Gasteiger partial charge in [0.15, 0.2) is 5.96 Å². The average Bonchev–Trinajstić information content (AvgIpc) is 2.67. The summed E-state index contributed by atoms with van der Waals surface area (Å²) in [5, 5.41) is 6.67. The summed E-state index contributed by atoms with van der Waals surface area (Å²) < 4.78 is 16.4. The van der Waals surface area contributed by atoms with E-state index in [1.807, 2.05) is 6.07 Å². The topological polar surface area (TPSA) is 64.1 Å². The number of nitrogens with one attached hydrogen (secondary N) is 2. The van der Waals surface area contributed by atoms with Crippen LogP contribution in [0.2, 0.25) is 0 Å². The Morgan fingerprint density at radius 1 is 1.27 bits per heavy atom. The minimum absolute atomic E-state index is 0.666. The molecule has 1 saturated heterocycles. The Labute approximate surface area is 157 Å². The monoisotopic (exact) mass is 363 g/mol. The lowest BCUT2D eigenvalue weighted by atomic mass is 10.0. The predicted octanol–water partition coefficient (Wildman–Crippen LogP) is 2.50. The predicted molar refractivity (Wildman–Crippen MR) is 105 cm³/mol. The molecule has 1 aromatic carbocycles. The van der Waals surface area contributed by atoms with Crippen molar-refractivity contribution >= 4 is 5.96 Å². The van der Waals surface area contributed by atoms with Crippen LogP contribution in [0.25, 0.3) is 0 Å². The number of ether oxygens (including phenoxy) is 3. The Morgan fingerprint density at radius 2 is 2.08 bits per heavy atom. The van der Waals surface area contributed by atoms with E-state index < -0.39 is 0 Å². The smallest absolute Gasteiger partial charge is 0.191 e. The number of hydrogen-bond donors (Lipinski definition) is 2. The molecule has 0 amide bonds. The Kier molecular flexibility index (Phi) is 9.28. The highest BCUT2D eigenvalue weighted by molar-refractivity contribution is 5.79. The molecule has 6 heteroatoms. The SMILES string of the molecule is CN=C(NCCCOCC1CCOCC1)NCc1ccc(OC)c(C)c1. The standard InChI is InChI=1S/C20H33N3O3/c1-16-13-18(5-6-19(16)24-3)14-23-20(21-2)22-9-4-10-26-15-17-7-11-25-12-8-17/h5-6,13,17H,4,7-12,14-15H2,1-3H3,(H2,21,22,23). The zero-order chi connectivity index (χ0) is 18.6. The van der Waals surface area contributed by atoms with E-state index in [-0.39, 0.29) is 0 Å². The Morgan fingerprint density at radius 3 is 2.77 bits per heavy atom. The van der Waals surface area contributed by atoms with E-state index in [1.54, 1.807) is 14.2 Å². The van der Waals surface area contributed by atoms with Gasteiger partial charge in [-0.15, -0.1) is 0 Å². The molecule has 0 unspecified atom stereocenters. The molecule has 1 heterocycles. The first kappa shape index (κ1) is 20.5. The molecule has 0 saturated carbocycles. The first-order valence-electron chi connectivity index (χ1n) is 9.46. The second-order valence-electron chi connectivity index (χ2n) is 6.64. The average molecular weight is 364 g/mol. The normalized spacial score (nSPS) is 15.7. The summed E-state index contributed by atoms with van der Waals surface area (Å²) in [5.74, 6) is 2.39. The van der Waals surface area contributed by atoms with E-state index in [9.17, 15) is 0 Å². The minimum atomic E-state index is 0.666. The lowest BCUT2D eigenvalue weighted by molar-refractivity contribution is 0.0203. The van der Waals surface area contributed by atoms with Crippen LogP contribution in [-0.2, 0) is 16.0 Å². The summed E-state index contributed by atoms with van der Waals surface area (Å²) in [5.41, 5.74) is 2.34. The molecule has 146 valence electrons. The van der Waals surface area contributed by atoms with Gasteiger partial charge < -0.3 is 24.8 Å². The summed E-state index contributed by atoms with van der Waals surface area (Å²) in [7, 11) is 3.48. The highest BCUT2D eigenvalue weighted by atomic mass is 16.5. The van der Waals surface area contributed by atoms with Gasteiger partial charge in [0.2, 0.25) is 0 Å². The number of benzene rings is 1. The number of rotatable bonds is 9. The fourth-order valence-electron chi connectivity index (χ4n) is 3.00. The first-order chi connectivity index (χ1) is 12.7. The van der Waals surface area contributed by atoms with Crippen molar-refractivity contribution < 1.29 is 14.2 Å². The highest BCUT2D eigenvalue weighted by Crippen LogP contribution is 2.18. The summed E-state index contributed by atoms with van der Waals surface area (Å²) in [6.07, 6.45) is 3.21. The number of aryl methyl sites for hydroxylation is 1. The van der Waals surface area contributed by atoms with Crippen LogP contribution < -0.4 is 15.4 Å². The van der Waals surface area contributed by atoms with Crippen LogP contribution in [0.1, 0.15) is 30.4 Å². The van der Waals surface area contributed by atoms with Crippen molar-refractivity contribution in [2.75, 3.05) is 47.1 Å². The van der Waals surface area contributed by atoms with Gasteiger partial charge in [0, 0.05) is 46.6 Å². The number of nitrogens with zero attached hydrogens (tertiary/aromatic N) is 1. The quantitative estimate of drug-likeness (QED) is 0.401. The van der Waals surface area contributed by atoms with E-state index >= 15 is 0 Å². The van der Waals surface area contributed by atoms with Crippen LogP contribution in [-0.4, -0.2) is 53.1 Å². The van der Waals surface area contributed by atoms with Crippen molar-refractivity contribution in [2.45, 2.75) is 32.7 Å². The number of guanidine groups is 1. The Bertz CT molecular complexity index is 557. The second-order valence-corrected chi connectivity index (χ2v) is 6.64. The molecule has 6 nitrogen and oxygen atoms in total. The van der Waals surface area contributed by atoms with E-state index in [0.29, 0.717) is 5.92 Å². The summed E-state index contributed by atoms with van der Waals surface area (Å²) in [6, 6.07) is 6.19. The van der Waals surface area contributed by atoms with Crippen LogP contribution >= 0.6 is 0 Å². The summed E-state index contributed by atoms with van der Waals surface area (Å²) in [4.78, 5) is 4.27. The van der Waals surface area contributed by atoms with Crippen molar-refractivity contribution in [1.82, 2.24) is 10.6 Å². The third-order valence-corrected chi connectivity index (χ3v) is 4.60. The molecule has 0 bridgehead atoms. The molecule has 2 N–H and O–H groups in total. The third kappa shape index (κ3) is 7.22. The van der Waals surface area contributed by atoms with Gasteiger partial charge in [-0.1, -0.05) is 12.1 Å². The zero-order valence-electron chi connectivity index (χ0n) is 16.3. The maximum atomic E-state index is 5.79. The van der Waals surface area contributed by atoms with Crippen LogP contribution in [0.5, 0.6) is 5.75 Å². The van der Waals surface area contributed by atoms with Crippen molar-refractivity contribution in [1.29, 1.82) is 0 Å². The lowest BCUT2D eigenvalue weighted by Crippen LogP contribution is -2.37. The number of methoxy groups -OCH3 is 1. The maximum absolute atomic E-state index is 5.79. The molecule has 0 radical (unpaired) electrons. The molecule has 26 heavy (non-hydrogen) atoms. The van der Waals surface area contributed by atoms with Crippen LogP contribution in [0.15, 0.2) is 23.2 Å². The fraction of sp³-hybridized carbons (Fsp3) is 0.650. The molecule has 1 aliphatic rings. The first-order valence-corrected chi connectivity index (χ1v) is 9.46. The Balaban J connectivity index is 1.58. The third-order valence-electron chi connectivity index (χ3n) is 4.60. The molecule has 1 aliphatic heterocycles. The van der Waals surface area contributed by atoms with E-state index in [4.69, 9.17) is 14.2 Å². The zero-order valence-corrected chi connectivity index (χ0v) is 16.3. The van der Waals surface area contributed by atoms with Gasteiger partial charge in [-0.25, -0.2) is 0 Å². The van der Waals surface area contributed by atoms with Gasteiger partial charge in [0.1, 0.15) is 5.75 Å². The highest BCUT2D eigenvalue weighted by Gasteiger charge is 2.13. The van der Waals surface area contributed by atoms with Gasteiger partial charge in [-0.05, 0) is 49.3 Å². The van der Waals surface area contributed by atoms with Gasteiger partial charge in [0.05, 0.1) is 7.11 Å². The van der Waals surface area contributed by atoms with E-state index in [1.165, 1.54) is 5.56 Å². The molecule has 2 rings (SSSR count). The van der Waals surface area contributed by atoms with E-state index in [2.05, 4.69) is 34.7 Å². The lowest BCUT2D eigenvalue weighted by Gasteiger charge is -2.21. The van der Waals surface area contributed by atoms with Crippen LogP contribution in [0, 0.1) is 12.8 Å². The van der Waals surface area contributed by atoms with Crippen LogP contribution in [0.4, 0.5) is 0 Å². The molecule has 1 fully saturated rings. The number of aliphatic imine (C=N–C) groups is 1. The molecular weight excluding hydrogens is 330 g/mol. The molecule has 1 aromatic rings.